The van der Waals surface area contributed by atoms with E-state index in [9.17, 15) is 4.79 Å². The number of para-hydroxylation sites is 2. The van der Waals surface area contributed by atoms with Gasteiger partial charge < -0.3 is 14.5 Å². The lowest BCUT2D eigenvalue weighted by Gasteiger charge is -2.07. The van der Waals surface area contributed by atoms with Crippen LogP contribution in [0.4, 0.5) is 5.69 Å². The number of ether oxygens (including phenoxy) is 1. The number of halogens is 2. The minimum atomic E-state index is -0.437. The van der Waals surface area contributed by atoms with Crippen LogP contribution < -0.4 is 10.1 Å². The van der Waals surface area contributed by atoms with Gasteiger partial charge in [0.1, 0.15) is 0 Å². The molecule has 0 unspecified atom stereocenters. The number of anilines is 1. The number of hydrogen-bond donors (Lipinski definition) is 1. The highest BCUT2D eigenvalue weighted by molar-refractivity contribution is 6.40. The summed E-state index contributed by atoms with van der Waals surface area (Å²) in [4.78, 5) is 12.3. The van der Waals surface area contributed by atoms with Gasteiger partial charge in [0.15, 0.2) is 17.1 Å². The Morgan fingerprint density at radius 1 is 1.14 bits per heavy atom. The molecule has 0 aliphatic carbocycles. The zero-order valence-corrected chi connectivity index (χ0v) is 13.0. The zero-order chi connectivity index (χ0) is 15.7. The van der Waals surface area contributed by atoms with Crippen LogP contribution in [-0.4, -0.2) is 13.0 Å². The Hall–Kier alpha value is -2.17. The lowest BCUT2D eigenvalue weighted by atomic mass is 10.2. The van der Waals surface area contributed by atoms with Crippen molar-refractivity contribution in [1.82, 2.24) is 0 Å². The SMILES string of the molecule is COc1cccc2cc(C(=O)Nc3c(Cl)cccc3Cl)oc12. The van der Waals surface area contributed by atoms with Crippen molar-refractivity contribution in [2.45, 2.75) is 0 Å². The van der Waals surface area contributed by atoms with Crippen LogP contribution in [-0.2, 0) is 0 Å². The first-order valence-corrected chi connectivity index (χ1v) is 7.17. The average molecular weight is 336 g/mol. The van der Waals surface area contributed by atoms with Crippen molar-refractivity contribution in [3.8, 4) is 5.75 Å². The zero-order valence-electron chi connectivity index (χ0n) is 11.5. The van der Waals surface area contributed by atoms with Crippen LogP contribution in [0.2, 0.25) is 10.0 Å². The molecule has 1 N–H and O–H groups in total. The quantitative estimate of drug-likeness (QED) is 0.732. The van der Waals surface area contributed by atoms with E-state index >= 15 is 0 Å². The number of fused-ring (bicyclic) bond motifs is 1. The number of benzene rings is 2. The largest absolute Gasteiger partial charge is 0.493 e. The second-order valence-electron chi connectivity index (χ2n) is 4.54. The highest BCUT2D eigenvalue weighted by Crippen LogP contribution is 2.32. The molecule has 0 radical (unpaired) electrons. The molecule has 1 heterocycles. The maximum absolute atomic E-state index is 12.3. The van der Waals surface area contributed by atoms with Crippen molar-refractivity contribution in [3.63, 3.8) is 0 Å². The molecule has 3 aromatic rings. The first-order valence-electron chi connectivity index (χ1n) is 6.42. The Morgan fingerprint density at radius 3 is 2.50 bits per heavy atom. The molecule has 0 fully saturated rings. The van der Waals surface area contributed by atoms with Crippen LogP contribution >= 0.6 is 23.2 Å². The number of nitrogens with one attached hydrogen (secondary N) is 1. The molecule has 0 saturated carbocycles. The fourth-order valence-electron chi connectivity index (χ4n) is 2.10. The van der Waals surface area contributed by atoms with Crippen LogP contribution in [0.25, 0.3) is 11.0 Å². The van der Waals surface area contributed by atoms with E-state index in [0.29, 0.717) is 27.1 Å². The minimum Gasteiger partial charge on any atom is -0.493 e. The third-order valence-electron chi connectivity index (χ3n) is 3.15. The molecule has 0 aliphatic rings. The smallest absolute Gasteiger partial charge is 0.291 e. The van der Waals surface area contributed by atoms with Gasteiger partial charge in [0.05, 0.1) is 22.8 Å². The van der Waals surface area contributed by atoms with Crippen molar-refractivity contribution in [1.29, 1.82) is 0 Å². The monoisotopic (exact) mass is 335 g/mol. The average Bonchev–Trinajstić information content (AvgIpc) is 2.95. The number of methoxy groups -OCH3 is 1. The van der Waals surface area contributed by atoms with Gasteiger partial charge in [-0.3, -0.25) is 4.79 Å². The summed E-state index contributed by atoms with van der Waals surface area (Å²) in [7, 11) is 1.54. The molecule has 2 aromatic carbocycles. The van der Waals surface area contributed by atoms with Crippen LogP contribution in [0.15, 0.2) is 46.9 Å². The predicted octanol–water partition coefficient (Wildman–Crippen LogP) is 5.00. The summed E-state index contributed by atoms with van der Waals surface area (Å²) in [6.07, 6.45) is 0. The molecule has 112 valence electrons. The number of furan rings is 1. The van der Waals surface area contributed by atoms with Crippen molar-refractivity contribution in [2.75, 3.05) is 12.4 Å². The van der Waals surface area contributed by atoms with E-state index in [1.807, 2.05) is 12.1 Å². The summed E-state index contributed by atoms with van der Waals surface area (Å²) in [6, 6.07) is 12.0. The van der Waals surface area contributed by atoms with Gasteiger partial charge in [-0.2, -0.15) is 0 Å². The van der Waals surface area contributed by atoms with Gasteiger partial charge in [-0.1, -0.05) is 41.4 Å². The van der Waals surface area contributed by atoms with Crippen LogP contribution in [0, 0.1) is 0 Å². The minimum absolute atomic E-state index is 0.149. The van der Waals surface area contributed by atoms with Gasteiger partial charge in [0.2, 0.25) is 0 Å². The third kappa shape index (κ3) is 2.63. The van der Waals surface area contributed by atoms with E-state index in [0.717, 1.165) is 5.39 Å². The molecule has 0 aliphatic heterocycles. The van der Waals surface area contributed by atoms with Gasteiger partial charge >= 0.3 is 0 Å². The highest BCUT2D eigenvalue weighted by atomic mass is 35.5. The summed E-state index contributed by atoms with van der Waals surface area (Å²) in [6.45, 7) is 0. The Bertz CT molecular complexity index is 837. The Kier molecular flexibility index (Phi) is 3.96. The lowest BCUT2D eigenvalue weighted by molar-refractivity contribution is 0.0998. The Balaban J connectivity index is 1.96. The topological polar surface area (TPSA) is 51.5 Å². The molecule has 6 heteroatoms. The van der Waals surface area contributed by atoms with Gasteiger partial charge in [-0.05, 0) is 24.3 Å². The molecule has 1 amide bonds. The molecule has 0 saturated heterocycles. The first kappa shape index (κ1) is 14.8. The maximum Gasteiger partial charge on any atom is 0.291 e. The third-order valence-corrected chi connectivity index (χ3v) is 3.78. The van der Waals surface area contributed by atoms with Crippen molar-refractivity contribution < 1.29 is 13.9 Å². The summed E-state index contributed by atoms with van der Waals surface area (Å²) in [5, 5.41) is 4.14. The molecular weight excluding hydrogens is 325 g/mol. The summed E-state index contributed by atoms with van der Waals surface area (Å²) in [5.41, 5.74) is 0.865. The summed E-state index contributed by atoms with van der Waals surface area (Å²) < 4.78 is 10.8. The second-order valence-corrected chi connectivity index (χ2v) is 5.35. The highest BCUT2D eigenvalue weighted by Gasteiger charge is 2.17. The molecule has 1 aromatic heterocycles. The number of rotatable bonds is 3. The van der Waals surface area contributed by atoms with E-state index in [-0.39, 0.29) is 5.76 Å². The number of hydrogen-bond acceptors (Lipinski definition) is 3. The predicted molar refractivity (Wildman–Crippen MR) is 87.2 cm³/mol. The van der Waals surface area contributed by atoms with Gasteiger partial charge in [-0.25, -0.2) is 0 Å². The lowest BCUT2D eigenvalue weighted by Crippen LogP contribution is -2.11. The van der Waals surface area contributed by atoms with Crippen LogP contribution in [0.5, 0.6) is 5.75 Å². The summed E-state index contributed by atoms with van der Waals surface area (Å²) in [5.74, 6) is 0.274. The number of amides is 1. The van der Waals surface area contributed by atoms with Crippen molar-refractivity contribution in [3.05, 3.63) is 58.3 Å². The molecular formula is C16H11Cl2NO3. The van der Waals surface area contributed by atoms with Crippen LogP contribution in [0.1, 0.15) is 10.6 Å². The normalized spacial score (nSPS) is 10.7. The molecule has 3 rings (SSSR count). The molecule has 4 nitrogen and oxygen atoms in total. The van der Waals surface area contributed by atoms with E-state index in [2.05, 4.69) is 5.32 Å². The molecule has 0 bridgehead atoms. The first-order chi connectivity index (χ1) is 10.6. The fraction of sp³-hybridized carbons (Fsp3) is 0.0625. The van der Waals surface area contributed by atoms with E-state index in [1.165, 1.54) is 0 Å². The number of carbonyl (C=O) groups is 1. The Labute approximate surface area is 136 Å². The van der Waals surface area contributed by atoms with E-state index in [1.54, 1.807) is 37.4 Å². The van der Waals surface area contributed by atoms with Gasteiger partial charge in [0.25, 0.3) is 5.91 Å². The van der Waals surface area contributed by atoms with Crippen molar-refractivity contribution in [2.24, 2.45) is 0 Å². The molecule has 0 atom stereocenters. The Morgan fingerprint density at radius 2 is 1.82 bits per heavy atom. The van der Waals surface area contributed by atoms with Crippen molar-refractivity contribution >= 4 is 45.8 Å². The standard InChI is InChI=1S/C16H11Cl2NO3/c1-21-12-7-2-4-9-8-13(22-15(9)12)16(20)19-14-10(17)5-3-6-11(14)18/h2-8H,1H3,(H,19,20). The maximum atomic E-state index is 12.3. The van der Waals surface area contributed by atoms with E-state index in [4.69, 9.17) is 32.4 Å². The fourth-order valence-corrected chi connectivity index (χ4v) is 2.59. The van der Waals surface area contributed by atoms with Crippen LogP contribution in [0.3, 0.4) is 0 Å². The van der Waals surface area contributed by atoms with Gasteiger partial charge in [-0.15, -0.1) is 0 Å². The molecule has 0 spiro atoms. The van der Waals surface area contributed by atoms with E-state index < -0.39 is 5.91 Å². The number of carbonyl (C=O) groups excluding carboxylic acids is 1. The second kappa shape index (κ2) is 5.91. The summed E-state index contributed by atoms with van der Waals surface area (Å²) >= 11 is 12.1. The van der Waals surface area contributed by atoms with Gasteiger partial charge in [0, 0.05) is 5.39 Å². The molecule has 22 heavy (non-hydrogen) atoms.